The van der Waals surface area contributed by atoms with E-state index in [0.29, 0.717) is 0 Å². The summed E-state index contributed by atoms with van der Waals surface area (Å²) in [6, 6.07) is 0. The van der Waals surface area contributed by atoms with E-state index < -0.39 is 58.6 Å². The topological polar surface area (TPSA) is 553 Å². The van der Waals surface area contributed by atoms with E-state index >= 15 is 0 Å². The molecule has 0 aliphatic rings. The van der Waals surface area contributed by atoms with Gasteiger partial charge in [0, 0.05) is 0 Å². The van der Waals surface area contributed by atoms with Crippen LogP contribution in [0, 0.1) is 0 Å². The van der Waals surface area contributed by atoms with Crippen molar-refractivity contribution in [3.05, 3.63) is 0 Å². The third-order valence-electron chi connectivity index (χ3n) is 0. The smallest absolute Gasteiger partial charge is 0.907 e. The average Bonchev–Trinajstić information content (AvgIpc) is 2.30. The Morgan fingerprint density at radius 1 is 0.139 bits per heavy atom. The van der Waals surface area contributed by atoms with Crippen LogP contribution in [0.5, 0.6) is 0 Å². The van der Waals surface area contributed by atoms with Crippen LogP contribution in [0.25, 0.3) is 0 Å². The molecule has 0 bridgehead atoms. The summed E-state index contributed by atoms with van der Waals surface area (Å²) >= 11 is 0. The van der Waals surface area contributed by atoms with Crippen LogP contribution in [0.3, 0.4) is 0 Å². The second-order valence-electron chi connectivity index (χ2n) is 2.31. The van der Waals surface area contributed by atoms with Crippen LogP contribution in [-0.2, 0) is 0 Å². The molecule has 0 aromatic carbocycles. The monoisotopic (exact) mass is 824 g/mol. The Morgan fingerprint density at radius 2 is 0.139 bits per heavy atom. The van der Waals surface area contributed by atoms with Crippen LogP contribution in [-0.4, -0.2) is 240 Å². The van der Waals surface area contributed by atoms with Crippen molar-refractivity contribution in [3.63, 3.8) is 0 Å². The molecular weight excluding hydrogens is 821 g/mol. The summed E-state index contributed by atoms with van der Waals surface area (Å²) < 4.78 is 0. The van der Waals surface area contributed by atoms with E-state index in [1.807, 2.05) is 0 Å². The van der Waals surface area contributed by atoms with Crippen molar-refractivity contribution >= 4 is 240 Å². The van der Waals surface area contributed by atoms with E-state index in [1.165, 1.54) is 0 Å². The average molecular weight is 821 g/mol. The molecule has 0 atom stereocenters. The van der Waals surface area contributed by atoms with E-state index in [2.05, 4.69) is 0 Å². The standard InChI is InChI=1S/8BO3.4Sr/c8*2-1(3)4;;;;/q8*-3;4*+2. The van der Waals surface area contributed by atoms with Crippen LogP contribution < -0.4 is 121 Å². The van der Waals surface area contributed by atoms with Crippen molar-refractivity contribution in [1.82, 2.24) is 0 Å². The van der Waals surface area contributed by atoms with Crippen LogP contribution in [0.1, 0.15) is 0 Å². The third kappa shape index (κ3) is 1950. The van der Waals surface area contributed by atoms with Gasteiger partial charge in [-0.2, -0.15) is 0 Å². The normalized spacial score (nSPS) is 6.00. The molecule has 36 heteroatoms. The summed E-state index contributed by atoms with van der Waals surface area (Å²) in [4.78, 5) is 0. The molecule has 0 N–H and O–H groups in total. The number of hydrogen-bond acceptors (Lipinski definition) is 24. The summed E-state index contributed by atoms with van der Waals surface area (Å²) in [6.07, 6.45) is 0. The minimum atomic E-state index is -2.92. The molecule has 0 heterocycles. The Kier molecular flexibility index (Phi) is 158. The molecule has 0 unspecified atom stereocenters. The van der Waals surface area contributed by atoms with Gasteiger partial charge in [0.15, 0.2) is 0 Å². The Balaban J connectivity index is -0.0000000180. The second kappa shape index (κ2) is 72.6. The Hall–Kier alpha value is 5.48. The zero-order chi connectivity index (χ0) is 28.6. The SMILES string of the molecule is [O-]B([O-])[O-].[O-]B([O-])[O-].[O-]B([O-])[O-].[O-]B([O-])[O-].[O-]B([O-])[O-].[O-]B([O-])[O-].[O-]B([O-])[O-].[O-]B([O-])[O-].[Sr+2].[Sr+2].[Sr+2].[Sr+2]. The Labute approximate surface area is 353 Å². The molecule has 36 heavy (non-hydrogen) atoms. The summed E-state index contributed by atoms with van der Waals surface area (Å²) in [5.74, 6) is 0. The first kappa shape index (κ1) is 78.2. The van der Waals surface area contributed by atoms with Crippen molar-refractivity contribution in [2.24, 2.45) is 0 Å². The summed E-state index contributed by atoms with van der Waals surface area (Å²) in [7, 11) is -23.3. The third-order valence-corrected chi connectivity index (χ3v) is 0. The summed E-state index contributed by atoms with van der Waals surface area (Å²) in [6.45, 7) is 0. The Bertz CT molecular complexity index is 154. The fourth-order valence-electron chi connectivity index (χ4n) is 0. The molecule has 0 spiro atoms. The van der Waals surface area contributed by atoms with E-state index in [0.717, 1.165) is 0 Å². The fraction of sp³-hybridized carbons (Fsp3) is 0. The van der Waals surface area contributed by atoms with Crippen molar-refractivity contribution in [3.8, 4) is 0 Å². The largest absolute Gasteiger partial charge is 2.00 e. The van der Waals surface area contributed by atoms with Crippen molar-refractivity contribution in [2.45, 2.75) is 0 Å². The first-order valence-electron chi connectivity index (χ1n) is 5.66. The molecule has 0 aromatic heterocycles. The Morgan fingerprint density at radius 3 is 0.139 bits per heavy atom. The molecule has 0 aliphatic carbocycles. The molecule has 0 aromatic rings. The van der Waals surface area contributed by atoms with Gasteiger partial charge < -0.3 is 121 Å². The van der Waals surface area contributed by atoms with Crippen molar-refractivity contribution in [1.29, 1.82) is 0 Å². The predicted molar refractivity (Wildman–Crippen MR) is 69.0 cm³/mol. The van der Waals surface area contributed by atoms with Gasteiger partial charge in [0.05, 0.1) is 0 Å². The van der Waals surface area contributed by atoms with Crippen molar-refractivity contribution in [2.75, 3.05) is 0 Å². The van der Waals surface area contributed by atoms with Gasteiger partial charge in [-0.1, -0.05) is 0 Å². The van der Waals surface area contributed by atoms with Gasteiger partial charge in [-0.15, -0.1) is 0 Å². The van der Waals surface area contributed by atoms with Crippen LogP contribution in [0.15, 0.2) is 0 Å². The molecule has 0 amide bonds. The van der Waals surface area contributed by atoms with Gasteiger partial charge in [-0.05, 0) is 0 Å². The van der Waals surface area contributed by atoms with E-state index in [-0.39, 0.29) is 182 Å². The molecule has 0 rings (SSSR count). The maximum atomic E-state index is 8.42. The van der Waals surface area contributed by atoms with Gasteiger partial charge in [0.25, 0.3) is 0 Å². The van der Waals surface area contributed by atoms with E-state index in [1.54, 1.807) is 0 Å². The minimum Gasteiger partial charge on any atom is -0.907 e. The van der Waals surface area contributed by atoms with E-state index in [9.17, 15) is 0 Å². The molecule has 24 nitrogen and oxygen atoms in total. The maximum absolute atomic E-state index is 8.42. The van der Waals surface area contributed by atoms with Crippen LogP contribution >= 0.6 is 0 Å². The number of rotatable bonds is 0. The maximum Gasteiger partial charge on any atom is 2.00 e. The van der Waals surface area contributed by atoms with Crippen LogP contribution in [0.4, 0.5) is 0 Å². The molecule has 0 radical (unpaired) electrons. The minimum absolute atomic E-state index is 0. The molecule has 192 valence electrons. The quantitative estimate of drug-likeness (QED) is 0.205. The van der Waals surface area contributed by atoms with Gasteiger partial charge in [-0.3, -0.25) is 58.6 Å². The summed E-state index contributed by atoms with van der Waals surface area (Å²) in [5, 5.41) is 202. The second-order valence-corrected chi connectivity index (χ2v) is 2.31. The predicted octanol–water partition coefficient (Wildman–Crippen LogP) is -33.1. The first-order chi connectivity index (χ1) is 13.9. The van der Waals surface area contributed by atoms with E-state index in [4.69, 9.17) is 121 Å². The van der Waals surface area contributed by atoms with Gasteiger partial charge in [-0.25, -0.2) is 0 Å². The fourth-order valence-corrected chi connectivity index (χ4v) is 0. The van der Waals surface area contributed by atoms with Crippen LogP contribution in [0.2, 0.25) is 0 Å². The zero-order valence-corrected chi connectivity index (χ0v) is 31.1. The van der Waals surface area contributed by atoms with Crippen molar-refractivity contribution < 1.29 is 121 Å². The molecule has 0 aliphatic heterocycles. The molecule has 0 saturated heterocycles. The first-order valence-corrected chi connectivity index (χ1v) is 5.66. The van der Waals surface area contributed by atoms with Gasteiger partial charge in [0.1, 0.15) is 0 Å². The molecule has 0 saturated carbocycles. The molecule has 0 fully saturated rings. The summed E-state index contributed by atoms with van der Waals surface area (Å²) in [5.41, 5.74) is 0. The van der Waals surface area contributed by atoms with Gasteiger partial charge >= 0.3 is 182 Å². The zero-order valence-electron chi connectivity index (χ0n) is 17.2. The number of hydrogen-bond donors (Lipinski definition) is 0. The molecular formula is B8O24Sr4-16. The van der Waals surface area contributed by atoms with Gasteiger partial charge in [0.2, 0.25) is 0 Å².